The second-order valence-corrected chi connectivity index (χ2v) is 7.07. The zero-order valence-electron chi connectivity index (χ0n) is 9.41. The van der Waals surface area contributed by atoms with Gasteiger partial charge >= 0.3 is 0 Å². The van der Waals surface area contributed by atoms with Crippen LogP contribution in [0, 0.1) is 0 Å². The van der Waals surface area contributed by atoms with Crippen molar-refractivity contribution in [3.8, 4) is 0 Å². The van der Waals surface area contributed by atoms with Gasteiger partial charge in [-0.3, -0.25) is 0 Å². The molecule has 0 aromatic carbocycles. The van der Waals surface area contributed by atoms with Crippen molar-refractivity contribution in [1.82, 2.24) is 9.03 Å². The highest BCUT2D eigenvalue weighted by Crippen LogP contribution is 2.32. The molecule has 1 aliphatic heterocycles. The third kappa shape index (κ3) is 2.60. The minimum absolute atomic E-state index is 0.235. The lowest BCUT2D eigenvalue weighted by Crippen LogP contribution is -2.52. The normalized spacial score (nSPS) is 26.3. The van der Waals surface area contributed by atoms with Gasteiger partial charge in [-0.25, -0.2) is 0 Å². The number of halogens is 1. The molecule has 1 aliphatic carbocycles. The van der Waals surface area contributed by atoms with E-state index in [0.29, 0.717) is 18.4 Å². The maximum Gasteiger partial charge on any atom is 0.279 e. The molecule has 1 saturated heterocycles. The highest BCUT2D eigenvalue weighted by molar-refractivity contribution is 9.09. The molecular weight excluding hydrogens is 292 g/mol. The van der Waals surface area contributed by atoms with Crippen molar-refractivity contribution < 1.29 is 8.42 Å². The van der Waals surface area contributed by atoms with Crippen molar-refractivity contribution in [2.75, 3.05) is 18.4 Å². The number of alkyl halides is 1. The van der Waals surface area contributed by atoms with Gasteiger partial charge in [-0.05, 0) is 25.7 Å². The van der Waals surface area contributed by atoms with Crippen molar-refractivity contribution in [3.05, 3.63) is 0 Å². The molecule has 0 spiro atoms. The van der Waals surface area contributed by atoms with Gasteiger partial charge in [0.2, 0.25) is 0 Å². The Morgan fingerprint density at radius 3 is 2.19 bits per heavy atom. The average Bonchev–Trinajstić information content (AvgIpc) is 2.87. The highest BCUT2D eigenvalue weighted by Gasteiger charge is 2.39. The van der Waals surface area contributed by atoms with Crippen molar-refractivity contribution in [2.24, 2.45) is 0 Å². The Morgan fingerprint density at radius 2 is 1.69 bits per heavy atom. The Kier molecular flexibility index (Phi) is 3.93. The van der Waals surface area contributed by atoms with Crippen LogP contribution in [0.4, 0.5) is 0 Å². The predicted molar refractivity (Wildman–Crippen MR) is 67.9 cm³/mol. The molecule has 2 fully saturated rings. The summed E-state index contributed by atoms with van der Waals surface area (Å²) in [6.07, 6.45) is 6.11. The number of nitrogens with one attached hydrogen (secondary N) is 1. The van der Waals surface area contributed by atoms with Crippen molar-refractivity contribution in [2.45, 2.75) is 44.1 Å². The van der Waals surface area contributed by atoms with Gasteiger partial charge in [0.25, 0.3) is 10.2 Å². The molecule has 0 unspecified atom stereocenters. The number of hydrogen-bond donors (Lipinski definition) is 1. The fourth-order valence-corrected chi connectivity index (χ4v) is 5.16. The Hall–Kier alpha value is 0.350. The molecule has 94 valence electrons. The van der Waals surface area contributed by atoms with E-state index in [-0.39, 0.29) is 5.54 Å². The van der Waals surface area contributed by atoms with Crippen LogP contribution < -0.4 is 4.72 Å². The van der Waals surface area contributed by atoms with Crippen LogP contribution in [0.1, 0.15) is 38.5 Å². The number of hydrogen-bond acceptors (Lipinski definition) is 2. The SMILES string of the molecule is O=S(=O)(NC1(CBr)CCCC1)N1CCCC1. The van der Waals surface area contributed by atoms with E-state index >= 15 is 0 Å². The van der Waals surface area contributed by atoms with Crippen LogP contribution >= 0.6 is 15.9 Å². The topological polar surface area (TPSA) is 49.4 Å². The Morgan fingerprint density at radius 1 is 1.12 bits per heavy atom. The summed E-state index contributed by atoms with van der Waals surface area (Å²) in [4.78, 5) is 0. The molecule has 0 amide bonds. The summed E-state index contributed by atoms with van der Waals surface area (Å²) >= 11 is 3.45. The molecule has 0 bridgehead atoms. The third-order valence-corrected chi connectivity index (χ3v) is 6.38. The van der Waals surface area contributed by atoms with Crippen LogP contribution in [0.15, 0.2) is 0 Å². The van der Waals surface area contributed by atoms with Gasteiger partial charge in [-0.1, -0.05) is 28.8 Å². The third-order valence-electron chi connectivity index (χ3n) is 3.57. The van der Waals surface area contributed by atoms with Gasteiger partial charge in [-0.15, -0.1) is 0 Å². The summed E-state index contributed by atoms with van der Waals surface area (Å²) in [6, 6.07) is 0. The fourth-order valence-electron chi connectivity index (χ4n) is 2.58. The van der Waals surface area contributed by atoms with Gasteiger partial charge in [0.1, 0.15) is 0 Å². The summed E-state index contributed by atoms with van der Waals surface area (Å²) < 4.78 is 28.8. The van der Waals surface area contributed by atoms with Gasteiger partial charge in [0, 0.05) is 24.0 Å². The standard InChI is InChI=1S/C10H19BrN2O2S/c11-9-10(5-1-2-6-10)12-16(14,15)13-7-3-4-8-13/h12H,1-9H2. The van der Waals surface area contributed by atoms with E-state index in [0.717, 1.165) is 38.5 Å². The summed E-state index contributed by atoms with van der Waals surface area (Å²) in [7, 11) is -3.26. The maximum absolute atomic E-state index is 12.1. The first-order valence-corrected chi connectivity index (χ1v) is 8.49. The molecule has 0 radical (unpaired) electrons. The summed E-state index contributed by atoms with van der Waals surface area (Å²) in [5.74, 6) is 0. The number of rotatable bonds is 4. The van der Waals surface area contributed by atoms with Crippen LogP contribution in [-0.2, 0) is 10.2 Å². The first-order chi connectivity index (χ1) is 7.58. The van der Waals surface area contributed by atoms with Crippen LogP contribution in [0.5, 0.6) is 0 Å². The van der Waals surface area contributed by atoms with Gasteiger partial charge in [-0.2, -0.15) is 17.4 Å². The number of nitrogens with zero attached hydrogens (tertiary/aromatic N) is 1. The van der Waals surface area contributed by atoms with E-state index in [1.54, 1.807) is 4.31 Å². The zero-order valence-corrected chi connectivity index (χ0v) is 11.8. The monoisotopic (exact) mass is 310 g/mol. The van der Waals surface area contributed by atoms with Gasteiger partial charge in [0.05, 0.1) is 0 Å². The van der Waals surface area contributed by atoms with E-state index in [4.69, 9.17) is 0 Å². The summed E-state index contributed by atoms with van der Waals surface area (Å²) in [5, 5.41) is 0.715. The second kappa shape index (κ2) is 4.92. The first-order valence-electron chi connectivity index (χ1n) is 5.93. The molecule has 6 heteroatoms. The lowest BCUT2D eigenvalue weighted by atomic mass is 10.0. The van der Waals surface area contributed by atoms with E-state index in [1.165, 1.54) is 0 Å². The molecule has 1 heterocycles. The lowest BCUT2D eigenvalue weighted by Gasteiger charge is -2.30. The molecule has 16 heavy (non-hydrogen) atoms. The minimum atomic E-state index is -3.26. The molecule has 0 aromatic rings. The van der Waals surface area contributed by atoms with Crippen LogP contribution in [0.3, 0.4) is 0 Å². The van der Waals surface area contributed by atoms with E-state index < -0.39 is 10.2 Å². The minimum Gasteiger partial charge on any atom is -0.195 e. The Labute approximate surface area is 106 Å². The second-order valence-electron chi connectivity index (χ2n) is 4.83. The molecule has 4 nitrogen and oxygen atoms in total. The molecule has 0 atom stereocenters. The Balaban J connectivity index is 2.06. The van der Waals surface area contributed by atoms with Crippen LogP contribution in [0.2, 0.25) is 0 Å². The van der Waals surface area contributed by atoms with Crippen molar-refractivity contribution in [3.63, 3.8) is 0 Å². The Bertz CT molecular complexity index is 333. The van der Waals surface area contributed by atoms with Gasteiger partial charge in [0.15, 0.2) is 0 Å². The lowest BCUT2D eigenvalue weighted by molar-refractivity contribution is 0.400. The van der Waals surface area contributed by atoms with E-state index in [9.17, 15) is 8.42 Å². The predicted octanol–water partition coefficient (Wildman–Crippen LogP) is 1.62. The van der Waals surface area contributed by atoms with E-state index in [1.807, 2.05) is 0 Å². The molecule has 2 rings (SSSR count). The molecule has 1 N–H and O–H groups in total. The largest absolute Gasteiger partial charge is 0.279 e. The zero-order chi connectivity index (χ0) is 11.6. The molecule has 2 aliphatic rings. The maximum atomic E-state index is 12.1. The fraction of sp³-hybridized carbons (Fsp3) is 1.00. The van der Waals surface area contributed by atoms with Crippen LogP contribution in [-0.4, -0.2) is 36.7 Å². The molecular formula is C10H19BrN2O2S. The average molecular weight is 311 g/mol. The molecule has 0 aromatic heterocycles. The highest BCUT2D eigenvalue weighted by atomic mass is 79.9. The van der Waals surface area contributed by atoms with E-state index in [2.05, 4.69) is 20.7 Å². The smallest absolute Gasteiger partial charge is 0.195 e. The van der Waals surface area contributed by atoms with Crippen molar-refractivity contribution in [1.29, 1.82) is 0 Å². The van der Waals surface area contributed by atoms with Crippen LogP contribution in [0.25, 0.3) is 0 Å². The molecule has 1 saturated carbocycles. The van der Waals surface area contributed by atoms with Gasteiger partial charge < -0.3 is 0 Å². The van der Waals surface area contributed by atoms with Crippen molar-refractivity contribution >= 4 is 26.1 Å². The summed E-state index contributed by atoms with van der Waals surface area (Å²) in [6.45, 7) is 1.35. The quantitative estimate of drug-likeness (QED) is 0.802. The summed E-state index contributed by atoms with van der Waals surface area (Å²) in [5.41, 5.74) is -0.235. The first kappa shape index (κ1) is 12.8.